The molecule has 3 aromatic rings. The molecule has 3 aromatic carbocycles. The van der Waals surface area contributed by atoms with Crippen LogP contribution in [0.4, 0.5) is 11.4 Å². The van der Waals surface area contributed by atoms with Crippen LogP contribution in [-0.2, 0) is 11.2 Å². The van der Waals surface area contributed by atoms with Gasteiger partial charge in [0.1, 0.15) is 0 Å². The van der Waals surface area contributed by atoms with E-state index in [1.807, 2.05) is 18.2 Å². The first kappa shape index (κ1) is 19.7. The summed E-state index contributed by atoms with van der Waals surface area (Å²) in [6.45, 7) is 7.97. The number of carbonyl (C=O) groups is 1. The van der Waals surface area contributed by atoms with Crippen molar-refractivity contribution >= 4 is 35.1 Å². The Morgan fingerprint density at radius 2 is 1.63 bits per heavy atom. The standard InChI is InChI=1S/C27H25NO2/c1-18-4-13-25(14-5-18)28-19(2)16-24-17-22(10-15-26(24)28)7-6-21-8-11-23(12-9-21)20(3)27(29)30/h4-15,17,19H,3,16H2,1-2H3,(H,29,30). The summed E-state index contributed by atoms with van der Waals surface area (Å²) in [5, 5.41) is 9.04. The van der Waals surface area contributed by atoms with Crippen LogP contribution < -0.4 is 4.90 Å². The molecule has 4 rings (SSSR count). The van der Waals surface area contributed by atoms with Crippen molar-refractivity contribution in [2.75, 3.05) is 4.90 Å². The van der Waals surface area contributed by atoms with Gasteiger partial charge >= 0.3 is 5.97 Å². The molecule has 30 heavy (non-hydrogen) atoms. The monoisotopic (exact) mass is 395 g/mol. The van der Waals surface area contributed by atoms with Crippen LogP contribution in [0.15, 0.2) is 73.3 Å². The number of aryl methyl sites for hydroxylation is 1. The number of rotatable bonds is 5. The molecule has 0 saturated heterocycles. The van der Waals surface area contributed by atoms with Crippen molar-refractivity contribution in [3.63, 3.8) is 0 Å². The molecule has 0 spiro atoms. The molecule has 0 radical (unpaired) electrons. The topological polar surface area (TPSA) is 40.5 Å². The van der Waals surface area contributed by atoms with Gasteiger partial charge < -0.3 is 10.0 Å². The van der Waals surface area contributed by atoms with Crippen LogP contribution in [0.2, 0.25) is 0 Å². The van der Waals surface area contributed by atoms with Crippen molar-refractivity contribution < 1.29 is 9.90 Å². The van der Waals surface area contributed by atoms with Crippen LogP contribution in [0, 0.1) is 6.92 Å². The first-order valence-corrected chi connectivity index (χ1v) is 10.1. The van der Waals surface area contributed by atoms with E-state index in [9.17, 15) is 4.79 Å². The van der Waals surface area contributed by atoms with Gasteiger partial charge in [0.15, 0.2) is 0 Å². The number of hydrogen-bond acceptors (Lipinski definition) is 2. The van der Waals surface area contributed by atoms with E-state index in [0.29, 0.717) is 11.6 Å². The molecule has 1 heterocycles. The third kappa shape index (κ3) is 3.92. The fourth-order valence-corrected chi connectivity index (χ4v) is 3.96. The first-order chi connectivity index (χ1) is 14.4. The van der Waals surface area contributed by atoms with E-state index in [0.717, 1.165) is 17.5 Å². The number of benzene rings is 3. The van der Waals surface area contributed by atoms with E-state index in [-0.39, 0.29) is 5.57 Å². The molecule has 1 atom stereocenters. The number of anilines is 2. The van der Waals surface area contributed by atoms with Crippen LogP contribution in [0.25, 0.3) is 17.7 Å². The molecule has 0 aromatic heterocycles. The summed E-state index contributed by atoms with van der Waals surface area (Å²) in [4.78, 5) is 13.4. The Kier molecular flexibility index (Phi) is 5.28. The van der Waals surface area contributed by atoms with E-state index >= 15 is 0 Å². The van der Waals surface area contributed by atoms with E-state index in [4.69, 9.17) is 5.11 Å². The highest BCUT2D eigenvalue weighted by molar-refractivity contribution is 6.14. The highest BCUT2D eigenvalue weighted by atomic mass is 16.4. The molecular weight excluding hydrogens is 370 g/mol. The highest BCUT2D eigenvalue weighted by Crippen LogP contribution is 2.39. The minimum absolute atomic E-state index is 0.108. The second-order valence-electron chi connectivity index (χ2n) is 7.89. The zero-order valence-corrected chi connectivity index (χ0v) is 17.3. The predicted molar refractivity (Wildman–Crippen MR) is 125 cm³/mol. The molecule has 1 aliphatic heterocycles. The normalized spacial score (nSPS) is 15.4. The fraction of sp³-hybridized carbons (Fsp3) is 0.148. The maximum Gasteiger partial charge on any atom is 0.335 e. The zero-order valence-electron chi connectivity index (χ0n) is 17.3. The number of carboxylic acids is 1. The fourth-order valence-electron chi connectivity index (χ4n) is 3.96. The second kappa shape index (κ2) is 8.03. The van der Waals surface area contributed by atoms with Crippen LogP contribution in [0.1, 0.15) is 34.7 Å². The van der Waals surface area contributed by atoms with Crippen molar-refractivity contribution in [3.05, 3.63) is 101 Å². The van der Waals surface area contributed by atoms with Gasteiger partial charge in [-0.1, -0.05) is 66.8 Å². The van der Waals surface area contributed by atoms with Gasteiger partial charge in [-0.15, -0.1) is 0 Å². The quantitative estimate of drug-likeness (QED) is 0.404. The van der Waals surface area contributed by atoms with Crippen molar-refractivity contribution in [2.45, 2.75) is 26.3 Å². The van der Waals surface area contributed by atoms with Gasteiger partial charge in [-0.2, -0.15) is 0 Å². The van der Waals surface area contributed by atoms with Crippen molar-refractivity contribution in [1.82, 2.24) is 0 Å². The maximum absolute atomic E-state index is 11.0. The van der Waals surface area contributed by atoms with Gasteiger partial charge in [-0.25, -0.2) is 4.79 Å². The van der Waals surface area contributed by atoms with Gasteiger partial charge in [-0.05, 0) is 66.8 Å². The predicted octanol–water partition coefficient (Wildman–Crippen LogP) is 6.35. The Balaban J connectivity index is 1.54. The van der Waals surface area contributed by atoms with Crippen LogP contribution >= 0.6 is 0 Å². The minimum atomic E-state index is -0.995. The molecule has 0 aliphatic carbocycles. The number of hydrogen-bond donors (Lipinski definition) is 1. The van der Waals surface area contributed by atoms with Crippen LogP contribution in [0.3, 0.4) is 0 Å². The molecule has 3 nitrogen and oxygen atoms in total. The molecule has 0 saturated carbocycles. The lowest BCUT2D eigenvalue weighted by Crippen LogP contribution is -2.23. The van der Waals surface area contributed by atoms with Gasteiger partial charge in [-0.3, -0.25) is 0 Å². The lowest BCUT2D eigenvalue weighted by Gasteiger charge is -2.25. The molecule has 1 unspecified atom stereocenters. The molecule has 0 amide bonds. The number of carboxylic acid groups (broad SMARTS) is 1. The summed E-state index contributed by atoms with van der Waals surface area (Å²) < 4.78 is 0. The molecule has 0 bridgehead atoms. The van der Waals surface area contributed by atoms with Crippen LogP contribution in [0.5, 0.6) is 0 Å². The summed E-state index contributed by atoms with van der Waals surface area (Å²) in [5.41, 5.74) is 8.06. The van der Waals surface area contributed by atoms with Gasteiger partial charge in [0, 0.05) is 17.4 Å². The van der Waals surface area contributed by atoms with E-state index in [1.54, 1.807) is 12.1 Å². The smallest absolute Gasteiger partial charge is 0.335 e. The Morgan fingerprint density at radius 3 is 2.30 bits per heavy atom. The molecule has 150 valence electrons. The zero-order chi connectivity index (χ0) is 21.3. The first-order valence-electron chi connectivity index (χ1n) is 10.1. The minimum Gasteiger partial charge on any atom is -0.478 e. The van der Waals surface area contributed by atoms with Gasteiger partial charge in [0.25, 0.3) is 0 Å². The number of fused-ring (bicyclic) bond motifs is 1. The Morgan fingerprint density at radius 1 is 1.00 bits per heavy atom. The summed E-state index contributed by atoms with van der Waals surface area (Å²) in [6, 6.07) is 23.2. The maximum atomic E-state index is 11.0. The molecular formula is C27H25NO2. The Bertz CT molecular complexity index is 1120. The summed E-state index contributed by atoms with van der Waals surface area (Å²) >= 11 is 0. The lowest BCUT2D eigenvalue weighted by atomic mass is 10.0. The Labute approximate surface area is 177 Å². The Hall–Kier alpha value is -3.59. The van der Waals surface area contributed by atoms with E-state index < -0.39 is 5.97 Å². The summed E-state index contributed by atoms with van der Waals surface area (Å²) in [5.74, 6) is -0.995. The second-order valence-corrected chi connectivity index (χ2v) is 7.89. The largest absolute Gasteiger partial charge is 0.478 e. The van der Waals surface area contributed by atoms with Gasteiger partial charge in [0.2, 0.25) is 0 Å². The van der Waals surface area contributed by atoms with Gasteiger partial charge in [0.05, 0.1) is 5.57 Å². The number of aliphatic carboxylic acids is 1. The molecule has 1 N–H and O–H groups in total. The third-order valence-electron chi connectivity index (χ3n) is 5.62. The van der Waals surface area contributed by atoms with E-state index in [2.05, 4.69) is 73.9 Å². The third-order valence-corrected chi connectivity index (χ3v) is 5.62. The highest BCUT2D eigenvalue weighted by Gasteiger charge is 2.27. The van der Waals surface area contributed by atoms with E-state index in [1.165, 1.54) is 22.5 Å². The average molecular weight is 396 g/mol. The van der Waals surface area contributed by atoms with Crippen molar-refractivity contribution in [2.24, 2.45) is 0 Å². The summed E-state index contributed by atoms with van der Waals surface area (Å²) in [7, 11) is 0. The van der Waals surface area contributed by atoms with Crippen molar-refractivity contribution in [1.29, 1.82) is 0 Å². The van der Waals surface area contributed by atoms with Crippen LogP contribution in [-0.4, -0.2) is 17.1 Å². The molecule has 0 fully saturated rings. The molecule has 1 aliphatic rings. The lowest BCUT2D eigenvalue weighted by molar-refractivity contribution is -0.130. The summed E-state index contributed by atoms with van der Waals surface area (Å²) in [6.07, 6.45) is 5.17. The molecule has 3 heteroatoms. The average Bonchev–Trinajstić information content (AvgIpc) is 3.07. The SMILES string of the molecule is C=C(C(=O)O)c1ccc(C=Cc2ccc3c(c2)CC(C)N3c2ccc(C)cc2)cc1. The van der Waals surface area contributed by atoms with Crippen molar-refractivity contribution in [3.8, 4) is 0 Å². The number of nitrogens with zero attached hydrogens (tertiary/aromatic N) is 1.